The highest BCUT2D eigenvalue weighted by Gasteiger charge is 2.37. The van der Waals surface area contributed by atoms with Crippen molar-refractivity contribution in [2.75, 3.05) is 6.54 Å². The lowest BCUT2D eigenvalue weighted by Crippen LogP contribution is -2.49. The van der Waals surface area contributed by atoms with E-state index in [1.54, 1.807) is 0 Å². The van der Waals surface area contributed by atoms with E-state index in [1.807, 2.05) is 18.2 Å². The van der Waals surface area contributed by atoms with Gasteiger partial charge in [0.2, 0.25) is 5.91 Å². The van der Waals surface area contributed by atoms with Gasteiger partial charge < -0.3 is 10.4 Å². The molecule has 1 fully saturated rings. The van der Waals surface area contributed by atoms with Gasteiger partial charge in [0.1, 0.15) is 0 Å². The molecule has 0 bridgehead atoms. The molecular weight excluding hydrogens is 214 g/mol. The van der Waals surface area contributed by atoms with Crippen LogP contribution in [0.4, 0.5) is 0 Å². The van der Waals surface area contributed by atoms with E-state index in [9.17, 15) is 9.90 Å². The summed E-state index contributed by atoms with van der Waals surface area (Å²) in [5, 5.41) is 12.8. The molecule has 1 unspecified atom stereocenters. The molecule has 1 aromatic rings. The molecule has 1 aromatic carbocycles. The number of aliphatic hydroxyl groups is 1. The third-order valence-electron chi connectivity index (χ3n) is 4.05. The van der Waals surface area contributed by atoms with Crippen LogP contribution in [0.15, 0.2) is 24.3 Å². The van der Waals surface area contributed by atoms with Gasteiger partial charge in [0.25, 0.3) is 0 Å². The monoisotopic (exact) mass is 231 g/mol. The van der Waals surface area contributed by atoms with Crippen molar-refractivity contribution in [1.82, 2.24) is 5.32 Å². The number of rotatable bonds is 3. The molecule has 1 saturated carbocycles. The molecule has 2 N–H and O–H groups in total. The van der Waals surface area contributed by atoms with Gasteiger partial charge in [0.05, 0.1) is 11.5 Å². The number of carbonyl (C=O) groups excluding carboxylic acids is 1. The number of benzene rings is 1. The summed E-state index contributed by atoms with van der Waals surface area (Å²) >= 11 is 0. The van der Waals surface area contributed by atoms with Crippen LogP contribution in [-0.4, -0.2) is 23.2 Å². The number of nitrogens with one attached hydrogen (secondary N) is 1. The van der Waals surface area contributed by atoms with Gasteiger partial charge in [-0.2, -0.15) is 0 Å². The van der Waals surface area contributed by atoms with Gasteiger partial charge in [-0.3, -0.25) is 4.79 Å². The maximum absolute atomic E-state index is 12.0. The Morgan fingerprint density at radius 2 is 2.18 bits per heavy atom. The summed E-state index contributed by atoms with van der Waals surface area (Å²) in [6, 6.07) is 8.06. The van der Waals surface area contributed by atoms with Gasteiger partial charge in [0.15, 0.2) is 0 Å². The van der Waals surface area contributed by atoms with Crippen molar-refractivity contribution >= 4 is 5.91 Å². The minimum Gasteiger partial charge on any atom is -0.388 e. The fourth-order valence-corrected chi connectivity index (χ4v) is 2.63. The molecule has 0 saturated heterocycles. The Balaban J connectivity index is 1.58. The number of fused-ring (bicyclic) bond motifs is 1. The van der Waals surface area contributed by atoms with Crippen LogP contribution in [0.1, 0.15) is 36.3 Å². The standard InChI is InChI=1S/C14H17NO2/c16-13(15-9-14(17)6-3-7-14)12-8-10-4-1-2-5-11(10)12/h1-2,4-5,12,17H,3,6-9H2,(H,15,16). The first-order valence-corrected chi connectivity index (χ1v) is 6.26. The van der Waals surface area contributed by atoms with Gasteiger partial charge in [0, 0.05) is 6.54 Å². The minimum atomic E-state index is -0.626. The molecule has 3 rings (SSSR count). The van der Waals surface area contributed by atoms with Crippen molar-refractivity contribution in [1.29, 1.82) is 0 Å². The van der Waals surface area contributed by atoms with E-state index in [0.29, 0.717) is 6.54 Å². The second kappa shape index (κ2) is 3.84. The van der Waals surface area contributed by atoms with Crippen molar-refractivity contribution in [2.24, 2.45) is 0 Å². The zero-order valence-corrected chi connectivity index (χ0v) is 9.78. The Labute approximate surface area is 101 Å². The van der Waals surface area contributed by atoms with Crippen LogP contribution in [-0.2, 0) is 11.2 Å². The fourth-order valence-electron chi connectivity index (χ4n) is 2.63. The summed E-state index contributed by atoms with van der Waals surface area (Å²) in [7, 11) is 0. The number of hydrogen-bond donors (Lipinski definition) is 2. The van der Waals surface area contributed by atoms with Crippen LogP contribution in [0.25, 0.3) is 0 Å². The number of carbonyl (C=O) groups is 1. The van der Waals surface area contributed by atoms with E-state index < -0.39 is 5.60 Å². The summed E-state index contributed by atoms with van der Waals surface area (Å²) in [5.41, 5.74) is 1.79. The highest BCUT2D eigenvalue weighted by molar-refractivity contribution is 5.86. The molecule has 1 amide bonds. The van der Waals surface area contributed by atoms with E-state index in [2.05, 4.69) is 11.4 Å². The summed E-state index contributed by atoms with van der Waals surface area (Å²) in [5.74, 6) is 0.0545. The fraction of sp³-hybridized carbons (Fsp3) is 0.500. The third kappa shape index (κ3) is 1.84. The molecule has 3 nitrogen and oxygen atoms in total. The zero-order chi connectivity index (χ0) is 11.9. The Kier molecular flexibility index (Phi) is 2.44. The minimum absolute atomic E-state index is 0.00474. The van der Waals surface area contributed by atoms with Crippen molar-refractivity contribution < 1.29 is 9.90 Å². The normalized spacial score (nSPS) is 24.2. The molecule has 0 radical (unpaired) electrons. The predicted molar refractivity (Wildman–Crippen MR) is 64.7 cm³/mol. The highest BCUT2D eigenvalue weighted by atomic mass is 16.3. The van der Waals surface area contributed by atoms with Crippen molar-refractivity contribution in [3.63, 3.8) is 0 Å². The zero-order valence-electron chi connectivity index (χ0n) is 9.78. The van der Waals surface area contributed by atoms with Crippen molar-refractivity contribution in [2.45, 2.75) is 37.2 Å². The maximum atomic E-state index is 12.0. The lowest BCUT2D eigenvalue weighted by molar-refractivity contribution is -0.125. The molecule has 0 aliphatic heterocycles. The first kappa shape index (κ1) is 10.8. The molecule has 2 aliphatic rings. The van der Waals surface area contributed by atoms with Gasteiger partial charge in [-0.05, 0) is 36.8 Å². The molecule has 0 aromatic heterocycles. The van der Waals surface area contributed by atoms with E-state index in [-0.39, 0.29) is 11.8 Å². The molecule has 3 heteroatoms. The van der Waals surface area contributed by atoms with Crippen LogP contribution in [0.2, 0.25) is 0 Å². The predicted octanol–water partition coefficient (Wildman–Crippen LogP) is 1.36. The van der Waals surface area contributed by atoms with Gasteiger partial charge >= 0.3 is 0 Å². The molecule has 0 spiro atoms. The summed E-state index contributed by atoms with van der Waals surface area (Å²) in [6.07, 6.45) is 3.53. The lowest BCUT2D eigenvalue weighted by atomic mass is 9.76. The Morgan fingerprint density at radius 3 is 2.82 bits per heavy atom. The molecule has 0 heterocycles. The smallest absolute Gasteiger partial charge is 0.227 e. The Bertz CT molecular complexity index is 451. The Morgan fingerprint density at radius 1 is 1.41 bits per heavy atom. The largest absolute Gasteiger partial charge is 0.388 e. The van der Waals surface area contributed by atoms with E-state index in [0.717, 1.165) is 31.2 Å². The second-order valence-electron chi connectivity index (χ2n) is 5.25. The van der Waals surface area contributed by atoms with Crippen LogP contribution >= 0.6 is 0 Å². The number of amides is 1. The average molecular weight is 231 g/mol. The molecule has 2 aliphatic carbocycles. The average Bonchev–Trinajstić information content (AvgIpc) is 2.25. The first-order chi connectivity index (χ1) is 8.18. The SMILES string of the molecule is O=C(NCC1(O)CCC1)C1Cc2ccccc21. The van der Waals surface area contributed by atoms with E-state index in [4.69, 9.17) is 0 Å². The molecule has 1 atom stereocenters. The summed E-state index contributed by atoms with van der Waals surface area (Å²) in [6.45, 7) is 0.407. The quantitative estimate of drug-likeness (QED) is 0.825. The third-order valence-corrected chi connectivity index (χ3v) is 4.05. The van der Waals surface area contributed by atoms with Crippen LogP contribution in [0.3, 0.4) is 0 Å². The van der Waals surface area contributed by atoms with Crippen molar-refractivity contribution in [3.8, 4) is 0 Å². The Hall–Kier alpha value is -1.35. The highest BCUT2D eigenvalue weighted by Crippen LogP contribution is 2.35. The topological polar surface area (TPSA) is 49.3 Å². The first-order valence-electron chi connectivity index (χ1n) is 6.26. The maximum Gasteiger partial charge on any atom is 0.227 e. The van der Waals surface area contributed by atoms with Gasteiger partial charge in [-0.1, -0.05) is 24.3 Å². The van der Waals surface area contributed by atoms with E-state index >= 15 is 0 Å². The summed E-state index contributed by atoms with van der Waals surface area (Å²) < 4.78 is 0. The second-order valence-corrected chi connectivity index (χ2v) is 5.25. The summed E-state index contributed by atoms with van der Waals surface area (Å²) in [4.78, 5) is 12.0. The lowest BCUT2D eigenvalue weighted by Gasteiger charge is -2.37. The van der Waals surface area contributed by atoms with Crippen LogP contribution in [0.5, 0.6) is 0 Å². The molecule has 17 heavy (non-hydrogen) atoms. The van der Waals surface area contributed by atoms with Crippen molar-refractivity contribution in [3.05, 3.63) is 35.4 Å². The van der Waals surface area contributed by atoms with Crippen LogP contribution < -0.4 is 5.32 Å². The van der Waals surface area contributed by atoms with Gasteiger partial charge in [-0.15, -0.1) is 0 Å². The van der Waals surface area contributed by atoms with E-state index in [1.165, 1.54) is 5.56 Å². The van der Waals surface area contributed by atoms with Gasteiger partial charge in [-0.25, -0.2) is 0 Å². The molecular formula is C14H17NO2. The molecule has 90 valence electrons. The van der Waals surface area contributed by atoms with Crippen LogP contribution in [0, 0.1) is 0 Å². The number of hydrogen-bond acceptors (Lipinski definition) is 2.